The molecule has 2 aliphatic heterocycles. The van der Waals surface area contributed by atoms with Crippen molar-refractivity contribution in [3.05, 3.63) is 35.9 Å². The summed E-state index contributed by atoms with van der Waals surface area (Å²) < 4.78 is 0. The minimum atomic E-state index is -0.554. The summed E-state index contributed by atoms with van der Waals surface area (Å²) in [5.74, 6) is -0.0510. The van der Waals surface area contributed by atoms with Gasteiger partial charge in [0.25, 0.3) is 0 Å². The van der Waals surface area contributed by atoms with Crippen LogP contribution in [-0.4, -0.2) is 52.4 Å². The van der Waals surface area contributed by atoms with E-state index in [2.05, 4.69) is 0 Å². The van der Waals surface area contributed by atoms with Crippen LogP contribution in [0.25, 0.3) is 0 Å². The summed E-state index contributed by atoms with van der Waals surface area (Å²) in [6, 6.07) is 9.66. The summed E-state index contributed by atoms with van der Waals surface area (Å²) in [5, 5.41) is 10.5. The van der Waals surface area contributed by atoms with Crippen LogP contribution >= 0.6 is 0 Å². The Balaban J connectivity index is 1.63. The Bertz CT molecular complexity index is 590. The summed E-state index contributed by atoms with van der Waals surface area (Å²) >= 11 is 0. The highest BCUT2D eigenvalue weighted by Crippen LogP contribution is 2.30. The largest absolute Gasteiger partial charge is 0.388 e. The number of nitrogens with zero attached hydrogens (tertiary/aromatic N) is 2. The van der Waals surface area contributed by atoms with Gasteiger partial charge >= 0.3 is 0 Å². The zero-order valence-electron chi connectivity index (χ0n) is 14.2. The van der Waals surface area contributed by atoms with Gasteiger partial charge in [0.05, 0.1) is 12.0 Å². The number of carbonyl (C=O) groups is 2. The molecule has 3 rings (SSSR count). The highest BCUT2D eigenvalue weighted by atomic mass is 16.3. The van der Waals surface area contributed by atoms with Crippen molar-refractivity contribution >= 4 is 11.8 Å². The summed E-state index contributed by atoms with van der Waals surface area (Å²) in [6.45, 7) is 3.89. The van der Waals surface area contributed by atoms with E-state index in [9.17, 15) is 14.7 Å². The molecular weight excluding hydrogens is 304 g/mol. The highest BCUT2D eigenvalue weighted by molar-refractivity contribution is 5.89. The number of carbonyl (C=O) groups excluding carboxylic acids is 2. The second-order valence-electron chi connectivity index (χ2n) is 6.82. The molecule has 2 heterocycles. The van der Waals surface area contributed by atoms with Crippen molar-refractivity contribution in [1.82, 2.24) is 9.80 Å². The van der Waals surface area contributed by atoms with E-state index in [1.807, 2.05) is 42.2 Å². The lowest BCUT2D eigenvalue weighted by molar-refractivity contribution is -0.137. The van der Waals surface area contributed by atoms with Crippen molar-refractivity contribution < 1.29 is 14.7 Å². The van der Waals surface area contributed by atoms with Crippen LogP contribution in [0.4, 0.5) is 0 Å². The van der Waals surface area contributed by atoms with E-state index in [4.69, 9.17) is 0 Å². The molecule has 3 atom stereocenters. The van der Waals surface area contributed by atoms with Crippen molar-refractivity contribution in [3.8, 4) is 0 Å². The first-order valence-electron chi connectivity index (χ1n) is 8.91. The first kappa shape index (κ1) is 17.0. The van der Waals surface area contributed by atoms with E-state index in [1.54, 1.807) is 4.90 Å². The van der Waals surface area contributed by atoms with E-state index >= 15 is 0 Å². The maximum Gasteiger partial charge on any atom is 0.228 e. The van der Waals surface area contributed by atoms with Crippen LogP contribution in [0, 0.1) is 5.92 Å². The number of amides is 2. The molecule has 5 nitrogen and oxygen atoms in total. The van der Waals surface area contributed by atoms with Crippen LogP contribution in [0.5, 0.6) is 0 Å². The molecule has 0 bridgehead atoms. The van der Waals surface area contributed by atoms with E-state index in [0.29, 0.717) is 25.9 Å². The van der Waals surface area contributed by atoms with Gasteiger partial charge in [-0.25, -0.2) is 0 Å². The standard InChI is InChI=1S/C19H26N2O3/c1-2-20-13-15(11-18(20)23)19(24)21-10-6-9-16(21)12-17(22)14-7-4-3-5-8-14/h3-5,7-8,15-17,22H,2,6,9-13H2,1H3. The average Bonchev–Trinajstić information content (AvgIpc) is 3.21. The van der Waals surface area contributed by atoms with Gasteiger partial charge in [0.15, 0.2) is 0 Å². The Labute approximate surface area is 143 Å². The molecule has 1 aromatic rings. The van der Waals surface area contributed by atoms with Crippen molar-refractivity contribution in [2.75, 3.05) is 19.6 Å². The van der Waals surface area contributed by atoms with Gasteiger partial charge in [-0.1, -0.05) is 30.3 Å². The molecule has 0 saturated carbocycles. The normalized spacial score (nSPS) is 25.3. The van der Waals surface area contributed by atoms with Gasteiger partial charge in [-0.05, 0) is 31.7 Å². The van der Waals surface area contributed by atoms with E-state index in [1.165, 1.54) is 0 Å². The molecule has 24 heavy (non-hydrogen) atoms. The molecule has 0 aromatic heterocycles. The Morgan fingerprint density at radius 2 is 2.08 bits per heavy atom. The lowest BCUT2D eigenvalue weighted by Crippen LogP contribution is -2.41. The van der Waals surface area contributed by atoms with Gasteiger partial charge in [-0.15, -0.1) is 0 Å². The SMILES string of the molecule is CCN1CC(C(=O)N2CCCC2CC(O)c2ccccc2)CC1=O. The molecule has 130 valence electrons. The van der Waals surface area contributed by atoms with Crippen LogP contribution in [-0.2, 0) is 9.59 Å². The quantitative estimate of drug-likeness (QED) is 0.898. The third kappa shape index (κ3) is 3.46. The third-order valence-corrected chi connectivity index (χ3v) is 5.29. The average molecular weight is 330 g/mol. The van der Waals surface area contributed by atoms with Crippen molar-refractivity contribution in [3.63, 3.8) is 0 Å². The van der Waals surface area contributed by atoms with E-state index in [0.717, 1.165) is 24.9 Å². The number of hydrogen-bond acceptors (Lipinski definition) is 3. The fourth-order valence-corrected chi connectivity index (χ4v) is 3.92. The van der Waals surface area contributed by atoms with Gasteiger partial charge in [0.1, 0.15) is 0 Å². The molecule has 1 N–H and O–H groups in total. The predicted molar refractivity (Wildman–Crippen MR) is 91.1 cm³/mol. The molecule has 0 aliphatic carbocycles. The predicted octanol–water partition coefficient (Wildman–Crippen LogP) is 1.97. The maximum atomic E-state index is 12.8. The summed E-state index contributed by atoms with van der Waals surface area (Å²) in [7, 11) is 0. The monoisotopic (exact) mass is 330 g/mol. The lowest BCUT2D eigenvalue weighted by atomic mass is 9.99. The molecule has 2 amide bonds. The lowest BCUT2D eigenvalue weighted by Gasteiger charge is -2.29. The molecule has 2 fully saturated rings. The molecule has 2 aliphatic rings. The molecule has 3 unspecified atom stereocenters. The van der Waals surface area contributed by atoms with Crippen LogP contribution in [0.3, 0.4) is 0 Å². The van der Waals surface area contributed by atoms with Crippen molar-refractivity contribution in [1.29, 1.82) is 0 Å². The van der Waals surface area contributed by atoms with Crippen LogP contribution in [0.2, 0.25) is 0 Å². The second-order valence-corrected chi connectivity index (χ2v) is 6.82. The van der Waals surface area contributed by atoms with Crippen LogP contribution < -0.4 is 0 Å². The fraction of sp³-hybridized carbons (Fsp3) is 0.579. The molecule has 2 saturated heterocycles. The van der Waals surface area contributed by atoms with Gasteiger partial charge in [0.2, 0.25) is 11.8 Å². The summed E-state index contributed by atoms with van der Waals surface area (Å²) in [6.07, 6.45) is 2.23. The number of hydrogen-bond donors (Lipinski definition) is 1. The zero-order chi connectivity index (χ0) is 17.1. The fourth-order valence-electron chi connectivity index (χ4n) is 3.92. The minimum Gasteiger partial charge on any atom is -0.388 e. The van der Waals surface area contributed by atoms with Gasteiger partial charge < -0.3 is 14.9 Å². The van der Waals surface area contributed by atoms with E-state index < -0.39 is 6.10 Å². The minimum absolute atomic E-state index is 0.0680. The second kappa shape index (κ2) is 7.34. The Morgan fingerprint density at radius 1 is 1.33 bits per heavy atom. The van der Waals surface area contributed by atoms with E-state index in [-0.39, 0.29) is 23.8 Å². The highest BCUT2D eigenvalue weighted by Gasteiger charge is 2.39. The molecular formula is C19H26N2O3. The Kier molecular flexibility index (Phi) is 5.19. The van der Waals surface area contributed by atoms with Crippen LogP contribution in [0.15, 0.2) is 30.3 Å². The van der Waals surface area contributed by atoms with Crippen LogP contribution in [0.1, 0.15) is 44.3 Å². The topological polar surface area (TPSA) is 60.9 Å². The Morgan fingerprint density at radius 3 is 2.75 bits per heavy atom. The van der Waals surface area contributed by atoms with Crippen molar-refractivity contribution in [2.45, 2.75) is 44.8 Å². The molecule has 0 radical (unpaired) electrons. The van der Waals surface area contributed by atoms with Gasteiger partial charge in [-0.2, -0.15) is 0 Å². The van der Waals surface area contributed by atoms with Gasteiger partial charge in [0, 0.05) is 32.1 Å². The van der Waals surface area contributed by atoms with Crippen molar-refractivity contribution in [2.24, 2.45) is 5.92 Å². The molecule has 1 aromatic carbocycles. The summed E-state index contributed by atoms with van der Waals surface area (Å²) in [4.78, 5) is 28.4. The number of likely N-dealkylation sites (tertiary alicyclic amines) is 2. The number of aliphatic hydroxyl groups is 1. The first-order chi connectivity index (χ1) is 11.6. The maximum absolute atomic E-state index is 12.8. The summed E-state index contributed by atoms with van der Waals surface area (Å²) in [5.41, 5.74) is 0.894. The molecule has 0 spiro atoms. The third-order valence-electron chi connectivity index (χ3n) is 5.29. The van der Waals surface area contributed by atoms with Gasteiger partial charge in [-0.3, -0.25) is 9.59 Å². The zero-order valence-corrected chi connectivity index (χ0v) is 14.2. The number of benzene rings is 1. The molecule has 5 heteroatoms. The first-order valence-corrected chi connectivity index (χ1v) is 8.91. The Hall–Kier alpha value is -1.88. The number of rotatable bonds is 5. The smallest absolute Gasteiger partial charge is 0.228 e. The number of aliphatic hydroxyl groups excluding tert-OH is 1.